The van der Waals surface area contributed by atoms with Crippen LogP contribution in [0.4, 0.5) is 5.00 Å². The van der Waals surface area contributed by atoms with Gasteiger partial charge < -0.3 is 10.1 Å². The van der Waals surface area contributed by atoms with Crippen molar-refractivity contribution in [1.82, 2.24) is 0 Å². The van der Waals surface area contributed by atoms with E-state index >= 15 is 0 Å². The van der Waals surface area contributed by atoms with Gasteiger partial charge in [0.1, 0.15) is 10.6 Å². The quantitative estimate of drug-likeness (QED) is 0.388. The maximum atomic E-state index is 12.7. The molecule has 1 N–H and O–H groups in total. The van der Waals surface area contributed by atoms with Crippen LogP contribution in [0.3, 0.4) is 0 Å². The summed E-state index contributed by atoms with van der Waals surface area (Å²) in [7, 11) is 0. The third kappa shape index (κ3) is 4.58. The summed E-state index contributed by atoms with van der Waals surface area (Å²) in [6, 6.07) is 12.2. The molecule has 1 heterocycles. The highest BCUT2D eigenvalue weighted by Crippen LogP contribution is 2.37. The van der Waals surface area contributed by atoms with Gasteiger partial charge in [-0.1, -0.05) is 51.3 Å². The van der Waals surface area contributed by atoms with E-state index in [2.05, 4.69) is 21.2 Å². The molecular weight excluding hydrogens is 485 g/mol. The van der Waals surface area contributed by atoms with Gasteiger partial charge in [0.05, 0.1) is 17.2 Å². The molecule has 144 valence electrons. The molecule has 1 aromatic heterocycles. The molecule has 0 atom stereocenters. The molecule has 8 heteroatoms. The Bertz CT molecular complexity index is 1030. The lowest BCUT2D eigenvalue weighted by Crippen LogP contribution is -2.15. The predicted octanol–water partition coefficient (Wildman–Crippen LogP) is 6.91. The van der Waals surface area contributed by atoms with Gasteiger partial charge in [-0.15, -0.1) is 11.3 Å². The van der Waals surface area contributed by atoms with Gasteiger partial charge in [-0.25, -0.2) is 4.79 Å². The van der Waals surface area contributed by atoms with Crippen molar-refractivity contribution in [1.29, 1.82) is 0 Å². The van der Waals surface area contributed by atoms with Crippen molar-refractivity contribution in [3.63, 3.8) is 0 Å². The van der Waals surface area contributed by atoms with Gasteiger partial charge in [0, 0.05) is 20.4 Å². The highest BCUT2D eigenvalue weighted by molar-refractivity contribution is 9.10. The zero-order chi connectivity index (χ0) is 20.3. The van der Waals surface area contributed by atoms with Crippen molar-refractivity contribution in [2.45, 2.75) is 6.92 Å². The molecule has 2 aromatic carbocycles. The number of hydrogen-bond donors (Lipinski definition) is 1. The second kappa shape index (κ2) is 9.09. The van der Waals surface area contributed by atoms with Gasteiger partial charge in [-0.3, -0.25) is 4.79 Å². The number of ether oxygens (including phenoxy) is 1. The van der Waals surface area contributed by atoms with Crippen LogP contribution in [0.15, 0.2) is 52.3 Å². The Kier molecular flexibility index (Phi) is 6.78. The maximum absolute atomic E-state index is 12.7. The Labute approximate surface area is 184 Å². The van der Waals surface area contributed by atoms with Crippen LogP contribution in [0.2, 0.25) is 10.0 Å². The standard InChI is InChI=1S/C20H14BrCl2NO3S/c1-2-27-20(26)17-15(11-3-5-12(21)6-4-11)10-28-19(17)24-18(25)14-9-13(22)7-8-16(14)23/h3-10H,2H2,1H3,(H,24,25). The van der Waals surface area contributed by atoms with Crippen LogP contribution in [0.1, 0.15) is 27.6 Å². The molecule has 0 aliphatic carbocycles. The van der Waals surface area contributed by atoms with Crippen LogP contribution in [0, 0.1) is 0 Å². The first-order chi connectivity index (χ1) is 13.4. The van der Waals surface area contributed by atoms with E-state index < -0.39 is 11.9 Å². The van der Waals surface area contributed by atoms with Crippen LogP contribution in [-0.4, -0.2) is 18.5 Å². The largest absolute Gasteiger partial charge is 0.462 e. The van der Waals surface area contributed by atoms with E-state index in [0.717, 1.165) is 10.0 Å². The Balaban J connectivity index is 2.01. The van der Waals surface area contributed by atoms with Crippen molar-refractivity contribution >= 4 is 67.3 Å². The molecule has 4 nitrogen and oxygen atoms in total. The summed E-state index contributed by atoms with van der Waals surface area (Å²) in [5.74, 6) is -0.962. The average molecular weight is 499 g/mol. The van der Waals surface area contributed by atoms with Crippen LogP contribution < -0.4 is 5.32 Å². The summed E-state index contributed by atoms with van der Waals surface area (Å²) in [5.41, 5.74) is 2.05. The van der Waals surface area contributed by atoms with Gasteiger partial charge in [0.2, 0.25) is 0 Å². The molecule has 0 aliphatic rings. The number of amides is 1. The molecule has 0 aliphatic heterocycles. The lowest BCUT2D eigenvalue weighted by molar-refractivity contribution is 0.0529. The number of nitrogens with one attached hydrogen (secondary N) is 1. The second-order valence-corrected chi connectivity index (χ2v) is 8.30. The van der Waals surface area contributed by atoms with Gasteiger partial charge in [-0.2, -0.15) is 0 Å². The number of benzene rings is 2. The monoisotopic (exact) mass is 497 g/mol. The molecule has 0 fully saturated rings. The first-order valence-electron chi connectivity index (χ1n) is 8.21. The fourth-order valence-electron chi connectivity index (χ4n) is 2.54. The zero-order valence-corrected chi connectivity index (χ0v) is 18.5. The van der Waals surface area contributed by atoms with E-state index in [9.17, 15) is 9.59 Å². The molecule has 0 saturated carbocycles. The minimum atomic E-state index is -0.505. The summed E-state index contributed by atoms with van der Waals surface area (Å²) < 4.78 is 6.13. The number of rotatable bonds is 5. The fourth-order valence-corrected chi connectivity index (χ4v) is 4.13. The van der Waals surface area contributed by atoms with Crippen LogP contribution in [-0.2, 0) is 4.74 Å². The van der Waals surface area contributed by atoms with E-state index in [4.69, 9.17) is 27.9 Å². The molecule has 3 aromatic rings. The molecule has 0 radical (unpaired) electrons. The smallest absolute Gasteiger partial charge is 0.341 e. The third-order valence-electron chi connectivity index (χ3n) is 3.83. The van der Waals surface area contributed by atoms with Crippen LogP contribution in [0.25, 0.3) is 11.1 Å². The molecule has 28 heavy (non-hydrogen) atoms. The summed E-state index contributed by atoms with van der Waals surface area (Å²) >= 11 is 16.7. The van der Waals surface area contributed by atoms with Crippen molar-refractivity contribution in [2.75, 3.05) is 11.9 Å². The van der Waals surface area contributed by atoms with Gasteiger partial charge in [0.15, 0.2) is 0 Å². The summed E-state index contributed by atoms with van der Waals surface area (Å²) in [4.78, 5) is 25.3. The van der Waals surface area contributed by atoms with Crippen molar-refractivity contribution in [3.05, 3.63) is 73.5 Å². The second-order valence-electron chi connectivity index (χ2n) is 5.66. The lowest BCUT2D eigenvalue weighted by atomic mass is 10.0. The highest BCUT2D eigenvalue weighted by Gasteiger charge is 2.23. The molecule has 0 bridgehead atoms. The van der Waals surface area contributed by atoms with Crippen molar-refractivity contribution in [2.24, 2.45) is 0 Å². The molecule has 0 spiro atoms. The normalized spacial score (nSPS) is 10.6. The predicted molar refractivity (Wildman–Crippen MR) is 118 cm³/mol. The van der Waals surface area contributed by atoms with E-state index in [1.54, 1.807) is 19.1 Å². The average Bonchev–Trinajstić information content (AvgIpc) is 3.08. The Morgan fingerprint density at radius 3 is 2.54 bits per heavy atom. The number of carbonyl (C=O) groups excluding carboxylic acids is 2. The maximum Gasteiger partial charge on any atom is 0.341 e. The summed E-state index contributed by atoms with van der Waals surface area (Å²) in [6.07, 6.45) is 0. The Morgan fingerprint density at radius 2 is 1.86 bits per heavy atom. The van der Waals surface area contributed by atoms with E-state index in [0.29, 0.717) is 21.2 Å². The summed E-state index contributed by atoms with van der Waals surface area (Å²) in [5, 5.41) is 5.62. The number of hydrogen-bond acceptors (Lipinski definition) is 4. The van der Waals surface area contributed by atoms with Gasteiger partial charge >= 0.3 is 5.97 Å². The summed E-state index contributed by atoms with van der Waals surface area (Å²) in [6.45, 7) is 1.95. The van der Waals surface area contributed by atoms with E-state index in [1.807, 2.05) is 29.6 Å². The molecule has 1 amide bonds. The Morgan fingerprint density at radius 1 is 1.14 bits per heavy atom. The van der Waals surface area contributed by atoms with Gasteiger partial charge in [0.25, 0.3) is 5.91 Å². The minimum Gasteiger partial charge on any atom is -0.462 e. The van der Waals surface area contributed by atoms with Crippen molar-refractivity contribution < 1.29 is 14.3 Å². The third-order valence-corrected chi connectivity index (χ3v) is 5.81. The lowest BCUT2D eigenvalue weighted by Gasteiger charge is -2.10. The van der Waals surface area contributed by atoms with Crippen molar-refractivity contribution in [3.8, 4) is 11.1 Å². The topological polar surface area (TPSA) is 55.4 Å². The van der Waals surface area contributed by atoms with E-state index in [-0.39, 0.29) is 17.2 Å². The van der Waals surface area contributed by atoms with E-state index in [1.165, 1.54) is 17.4 Å². The molecular formula is C20H14BrCl2NO3S. The highest BCUT2D eigenvalue weighted by atomic mass is 79.9. The zero-order valence-electron chi connectivity index (χ0n) is 14.6. The fraction of sp³-hybridized carbons (Fsp3) is 0.100. The minimum absolute atomic E-state index is 0.224. The SMILES string of the molecule is CCOC(=O)c1c(-c2ccc(Br)cc2)csc1NC(=O)c1cc(Cl)ccc1Cl. The number of halogens is 3. The number of carbonyl (C=O) groups is 2. The number of anilines is 1. The Hall–Kier alpha value is -1.86. The van der Waals surface area contributed by atoms with Crippen LogP contribution >= 0.6 is 50.5 Å². The number of thiophene rings is 1. The molecule has 0 saturated heterocycles. The van der Waals surface area contributed by atoms with Crippen LogP contribution in [0.5, 0.6) is 0 Å². The molecule has 3 rings (SSSR count). The number of esters is 1. The van der Waals surface area contributed by atoms with Gasteiger partial charge in [-0.05, 0) is 42.8 Å². The first-order valence-corrected chi connectivity index (χ1v) is 10.6. The first kappa shape index (κ1) is 20.9. The molecule has 0 unspecified atom stereocenters.